The maximum Gasteiger partial charge on any atom is 0.292 e. The second-order valence-corrected chi connectivity index (χ2v) is 9.20. The highest BCUT2D eigenvalue weighted by Gasteiger charge is 2.13. The molecule has 36 heavy (non-hydrogen) atoms. The van der Waals surface area contributed by atoms with Crippen molar-refractivity contribution in [2.75, 3.05) is 38.1 Å². The molecule has 0 bridgehead atoms. The minimum Gasteiger partial charge on any atom is -0.494 e. The molecular formula is C26H35N5O4S. The summed E-state index contributed by atoms with van der Waals surface area (Å²) in [4.78, 5) is 25.2. The zero-order valence-electron chi connectivity index (χ0n) is 20.5. The van der Waals surface area contributed by atoms with Crippen molar-refractivity contribution in [2.45, 2.75) is 45.1 Å². The molecule has 0 spiro atoms. The van der Waals surface area contributed by atoms with Gasteiger partial charge in [-0.15, -0.1) is 0 Å². The smallest absolute Gasteiger partial charge is 0.292 e. The van der Waals surface area contributed by atoms with Crippen LogP contribution in [0.25, 0.3) is 0 Å². The summed E-state index contributed by atoms with van der Waals surface area (Å²) in [7, 11) is 0. The number of piperidine rings is 1. The van der Waals surface area contributed by atoms with Crippen molar-refractivity contribution in [3.63, 3.8) is 0 Å². The van der Waals surface area contributed by atoms with E-state index in [4.69, 9.17) is 17.0 Å². The van der Waals surface area contributed by atoms with Gasteiger partial charge in [0.25, 0.3) is 5.69 Å². The van der Waals surface area contributed by atoms with Crippen LogP contribution in [-0.2, 0) is 11.3 Å². The third-order valence-corrected chi connectivity index (χ3v) is 6.13. The lowest BCUT2D eigenvalue weighted by Crippen LogP contribution is -2.31. The molecule has 2 aromatic rings. The summed E-state index contributed by atoms with van der Waals surface area (Å²) < 4.78 is 5.87. The number of nitro groups is 1. The lowest BCUT2D eigenvalue weighted by atomic mass is 10.1. The van der Waals surface area contributed by atoms with E-state index in [9.17, 15) is 14.9 Å². The van der Waals surface area contributed by atoms with Gasteiger partial charge < -0.3 is 20.7 Å². The number of para-hydroxylation sites is 2. The average Bonchev–Trinajstić information content (AvgIpc) is 2.87. The van der Waals surface area contributed by atoms with Crippen LogP contribution in [0.3, 0.4) is 0 Å². The van der Waals surface area contributed by atoms with E-state index in [0.717, 1.165) is 18.7 Å². The zero-order chi connectivity index (χ0) is 25.6. The van der Waals surface area contributed by atoms with Gasteiger partial charge in [0.2, 0.25) is 5.91 Å². The molecule has 0 aliphatic carbocycles. The van der Waals surface area contributed by atoms with E-state index >= 15 is 0 Å². The first kappa shape index (κ1) is 27.3. The van der Waals surface area contributed by atoms with E-state index < -0.39 is 4.92 Å². The molecule has 0 unspecified atom stereocenters. The van der Waals surface area contributed by atoms with Crippen molar-refractivity contribution in [2.24, 2.45) is 0 Å². The van der Waals surface area contributed by atoms with E-state index in [1.807, 2.05) is 12.1 Å². The number of nitrogens with one attached hydrogen (secondary N) is 3. The van der Waals surface area contributed by atoms with E-state index in [1.165, 1.54) is 44.0 Å². The Morgan fingerprint density at radius 1 is 1.03 bits per heavy atom. The van der Waals surface area contributed by atoms with Gasteiger partial charge in [-0.2, -0.15) is 0 Å². The monoisotopic (exact) mass is 513 g/mol. The van der Waals surface area contributed by atoms with Crippen LogP contribution in [-0.4, -0.2) is 53.6 Å². The lowest BCUT2D eigenvalue weighted by molar-refractivity contribution is -0.383. The first-order chi connectivity index (χ1) is 17.5. The Morgan fingerprint density at radius 3 is 2.61 bits per heavy atom. The molecule has 9 nitrogen and oxygen atoms in total. The summed E-state index contributed by atoms with van der Waals surface area (Å²) in [6.07, 6.45) is 5.57. The second kappa shape index (κ2) is 15.0. The molecule has 1 fully saturated rings. The Bertz CT molecular complexity index is 1010. The molecule has 2 aromatic carbocycles. The van der Waals surface area contributed by atoms with Gasteiger partial charge >= 0.3 is 0 Å². The van der Waals surface area contributed by atoms with Gasteiger partial charge in [-0.25, -0.2) is 0 Å². The Hall–Kier alpha value is -3.24. The number of ether oxygens (including phenoxy) is 1. The second-order valence-electron chi connectivity index (χ2n) is 8.79. The molecule has 1 saturated heterocycles. The van der Waals surface area contributed by atoms with Crippen LogP contribution in [0.2, 0.25) is 0 Å². The first-order valence-corrected chi connectivity index (χ1v) is 12.9. The maximum atomic E-state index is 12.1. The SMILES string of the molecule is O=C(CCCNC(=S)Nc1ccccc1[N+](=O)[O-])NCCCOc1cccc(CN2CCCCC2)c1. The fourth-order valence-corrected chi connectivity index (χ4v) is 4.26. The van der Waals surface area contributed by atoms with Crippen LogP contribution in [0, 0.1) is 10.1 Å². The standard InChI is InChI=1S/C26H35N5O4S/c32-25(13-7-14-28-26(36)29-23-11-2-3-12-24(23)31(33)34)27-15-8-18-35-22-10-6-9-21(19-22)20-30-16-4-1-5-17-30/h2-3,6,9-12,19H,1,4-5,7-8,13-18,20H2,(H,27,32)(H2,28,29,36). The van der Waals surface area contributed by atoms with Crippen molar-refractivity contribution in [3.05, 3.63) is 64.2 Å². The third kappa shape index (κ3) is 9.79. The number of rotatable bonds is 13. The summed E-state index contributed by atoms with van der Waals surface area (Å²) in [6, 6.07) is 14.6. The average molecular weight is 514 g/mol. The first-order valence-electron chi connectivity index (χ1n) is 12.5. The summed E-state index contributed by atoms with van der Waals surface area (Å²) in [6.45, 7) is 4.88. The minimum atomic E-state index is -0.464. The van der Waals surface area contributed by atoms with Crippen LogP contribution in [0.5, 0.6) is 5.75 Å². The van der Waals surface area contributed by atoms with Crippen LogP contribution in [0.4, 0.5) is 11.4 Å². The summed E-state index contributed by atoms with van der Waals surface area (Å²) in [5.41, 5.74) is 1.55. The number of anilines is 1. The Kier molecular flexibility index (Phi) is 11.4. The zero-order valence-corrected chi connectivity index (χ0v) is 21.4. The van der Waals surface area contributed by atoms with Gasteiger partial charge in [0.1, 0.15) is 11.4 Å². The highest BCUT2D eigenvalue weighted by Crippen LogP contribution is 2.23. The van der Waals surface area contributed by atoms with Crippen molar-refractivity contribution in [1.82, 2.24) is 15.5 Å². The van der Waals surface area contributed by atoms with Crippen LogP contribution in [0.15, 0.2) is 48.5 Å². The molecule has 3 N–H and O–H groups in total. The summed E-state index contributed by atoms with van der Waals surface area (Å²) in [5.74, 6) is 0.838. The number of hydrogen-bond acceptors (Lipinski definition) is 6. The van der Waals surface area contributed by atoms with Crippen LogP contribution < -0.4 is 20.7 Å². The topological polar surface area (TPSA) is 109 Å². The van der Waals surface area contributed by atoms with Crippen LogP contribution in [0.1, 0.15) is 44.1 Å². The molecule has 0 saturated carbocycles. The fraction of sp³-hybridized carbons (Fsp3) is 0.462. The predicted molar refractivity (Wildman–Crippen MR) is 145 cm³/mol. The number of nitrogens with zero attached hydrogens (tertiary/aromatic N) is 2. The molecular weight excluding hydrogens is 478 g/mol. The number of likely N-dealkylation sites (tertiary alicyclic amines) is 1. The molecule has 0 radical (unpaired) electrons. The van der Waals surface area contributed by atoms with E-state index in [-0.39, 0.29) is 16.7 Å². The van der Waals surface area contributed by atoms with Crippen molar-refractivity contribution < 1.29 is 14.5 Å². The molecule has 1 aliphatic heterocycles. The maximum absolute atomic E-state index is 12.1. The van der Waals surface area contributed by atoms with Gasteiger partial charge in [0, 0.05) is 32.1 Å². The number of thiocarbonyl (C=S) groups is 1. The Labute approximate surface area is 217 Å². The van der Waals surface area contributed by atoms with E-state index in [2.05, 4.69) is 33.0 Å². The number of amides is 1. The van der Waals surface area contributed by atoms with Gasteiger partial charge in [-0.05, 0) is 74.8 Å². The number of carbonyl (C=O) groups is 1. The van der Waals surface area contributed by atoms with Gasteiger partial charge in [-0.3, -0.25) is 19.8 Å². The Balaban J connectivity index is 1.23. The highest BCUT2D eigenvalue weighted by atomic mass is 32.1. The number of benzene rings is 2. The number of hydrogen-bond donors (Lipinski definition) is 3. The number of carbonyl (C=O) groups excluding carboxylic acids is 1. The quantitative estimate of drug-likeness (QED) is 0.158. The van der Waals surface area contributed by atoms with Gasteiger partial charge in [0.05, 0.1) is 11.5 Å². The summed E-state index contributed by atoms with van der Waals surface area (Å²) >= 11 is 5.19. The molecule has 10 heteroatoms. The number of nitro benzene ring substituents is 1. The predicted octanol–water partition coefficient (Wildman–Crippen LogP) is 4.23. The van der Waals surface area contributed by atoms with E-state index in [1.54, 1.807) is 18.2 Å². The molecule has 0 aromatic heterocycles. The fourth-order valence-electron chi connectivity index (χ4n) is 4.04. The minimum absolute atomic E-state index is 0.0297. The van der Waals surface area contributed by atoms with Crippen molar-refractivity contribution >= 4 is 34.6 Å². The van der Waals surface area contributed by atoms with Crippen LogP contribution >= 0.6 is 12.2 Å². The molecule has 0 atom stereocenters. The molecule has 1 heterocycles. The third-order valence-electron chi connectivity index (χ3n) is 5.88. The molecule has 3 rings (SSSR count). The van der Waals surface area contributed by atoms with E-state index in [0.29, 0.717) is 38.2 Å². The largest absolute Gasteiger partial charge is 0.494 e. The normalized spacial score (nSPS) is 13.6. The Morgan fingerprint density at radius 2 is 1.81 bits per heavy atom. The van der Waals surface area contributed by atoms with Gasteiger partial charge in [-0.1, -0.05) is 30.7 Å². The highest BCUT2D eigenvalue weighted by molar-refractivity contribution is 7.80. The molecule has 1 aliphatic rings. The van der Waals surface area contributed by atoms with Gasteiger partial charge in [0.15, 0.2) is 5.11 Å². The molecule has 194 valence electrons. The van der Waals surface area contributed by atoms with Crippen molar-refractivity contribution in [3.8, 4) is 5.75 Å². The van der Waals surface area contributed by atoms with Crippen molar-refractivity contribution in [1.29, 1.82) is 0 Å². The molecule has 1 amide bonds. The lowest BCUT2D eigenvalue weighted by Gasteiger charge is -2.26. The summed E-state index contributed by atoms with van der Waals surface area (Å²) in [5, 5.41) is 20.1.